The van der Waals surface area contributed by atoms with E-state index in [9.17, 15) is 37.1 Å². The summed E-state index contributed by atoms with van der Waals surface area (Å²) >= 11 is 5.89. The van der Waals surface area contributed by atoms with Crippen molar-refractivity contribution in [2.24, 2.45) is 0 Å². The number of halogens is 5. The maximum absolute atomic E-state index is 14.6. The summed E-state index contributed by atoms with van der Waals surface area (Å²) < 4.78 is 66.5. The third-order valence-electron chi connectivity index (χ3n) is 7.60. The number of benzene rings is 2. The Balaban J connectivity index is 1.42. The van der Waals surface area contributed by atoms with E-state index in [2.05, 4.69) is 15.3 Å². The molecule has 43 heavy (non-hydrogen) atoms. The summed E-state index contributed by atoms with van der Waals surface area (Å²) in [6.45, 7) is -1.15. The van der Waals surface area contributed by atoms with Crippen LogP contribution in [0.15, 0.2) is 36.7 Å². The van der Waals surface area contributed by atoms with Crippen molar-refractivity contribution in [2.75, 3.05) is 25.5 Å². The lowest BCUT2D eigenvalue weighted by atomic mass is 9.76. The fourth-order valence-electron chi connectivity index (χ4n) is 5.51. The Morgan fingerprint density at radius 1 is 1.14 bits per heavy atom. The van der Waals surface area contributed by atoms with Gasteiger partial charge in [-0.15, -0.1) is 0 Å². The number of imide groups is 1. The molecule has 0 atom stereocenters. The third kappa shape index (κ3) is 5.56. The molecule has 0 radical (unpaired) electrons. The summed E-state index contributed by atoms with van der Waals surface area (Å²) in [5, 5.41) is 12.7. The molecule has 1 spiro atoms. The number of carbonyl (C=O) groups excluding carboxylic acids is 2. The van der Waals surface area contributed by atoms with E-state index in [-0.39, 0.29) is 53.7 Å². The molecule has 3 aromatic rings. The number of rotatable bonds is 5. The Bertz CT molecular complexity index is 1600. The highest BCUT2D eigenvalue weighted by atomic mass is 35.5. The molecule has 228 valence electrons. The summed E-state index contributed by atoms with van der Waals surface area (Å²) in [6, 6.07) is 7.54. The van der Waals surface area contributed by atoms with Crippen LogP contribution in [-0.4, -0.2) is 80.8 Å². The standard InChI is InChI=1S/C27H24ClF4N5O6/c1-42-19-12-18-15(22(34-13-33-18)35-17-4-2-3-16(28)21(17)29)11-20(19)43-14-5-7-26(8-6-14)23(38)36(25(40)41)9-10-37(26)24(39)27(30,31)32/h2-4,11-14H,5-10H2,1H3,(H,40,41)(H,33,34,35). The molecule has 5 rings (SSSR count). The van der Waals surface area contributed by atoms with Gasteiger partial charge in [-0.3, -0.25) is 9.59 Å². The number of carbonyl (C=O) groups is 3. The van der Waals surface area contributed by atoms with Crippen LogP contribution in [-0.2, 0) is 9.59 Å². The molecule has 1 aliphatic carbocycles. The molecule has 2 heterocycles. The first-order valence-corrected chi connectivity index (χ1v) is 13.4. The number of fused-ring (bicyclic) bond motifs is 1. The average Bonchev–Trinajstić information content (AvgIpc) is 2.97. The normalized spacial score (nSPS) is 20.8. The first kappa shape index (κ1) is 30.1. The lowest BCUT2D eigenvalue weighted by Gasteiger charge is -2.51. The SMILES string of the molecule is COc1cc2ncnc(Nc3cccc(Cl)c3F)c2cc1OC1CCC2(CC1)C(=O)N(C(=O)O)CCN2C(=O)C(F)(F)F. The summed E-state index contributed by atoms with van der Waals surface area (Å²) in [4.78, 5) is 46.4. The van der Waals surface area contributed by atoms with Crippen LogP contribution in [0, 0.1) is 5.82 Å². The Kier molecular flexibility index (Phi) is 7.94. The number of ether oxygens (including phenoxy) is 2. The molecule has 16 heteroatoms. The maximum atomic E-state index is 14.6. The van der Waals surface area contributed by atoms with E-state index in [4.69, 9.17) is 21.1 Å². The van der Waals surface area contributed by atoms with Gasteiger partial charge in [-0.1, -0.05) is 17.7 Å². The van der Waals surface area contributed by atoms with Gasteiger partial charge in [0, 0.05) is 24.5 Å². The second kappa shape index (κ2) is 11.4. The Morgan fingerprint density at radius 2 is 1.86 bits per heavy atom. The van der Waals surface area contributed by atoms with Gasteiger partial charge in [0.15, 0.2) is 17.3 Å². The highest BCUT2D eigenvalue weighted by molar-refractivity contribution is 6.31. The number of carboxylic acid groups (broad SMARTS) is 1. The fourth-order valence-corrected chi connectivity index (χ4v) is 5.68. The molecule has 11 nitrogen and oxygen atoms in total. The zero-order valence-electron chi connectivity index (χ0n) is 22.5. The lowest BCUT2D eigenvalue weighted by molar-refractivity contribution is -0.199. The smallest absolute Gasteiger partial charge is 0.471 e. The van der Waals surface area contributed by atoms with Crippen molar-refractivity contribution >= 4 is 51.9 Å². The van der Waals surface area contributed by atoms with Crippen molar-refractivity contribution in [3.8, 4) is 11.5 Å². The quantitative estimate of drug-likeness (QED) is 0.369. The highest BCUT2D eigenvalue weighted by Crippen LogP contribution is 2.43. The molecular weight excluding hydrogens is 602 g/mol. The van der Waals surface area contributed by atoms with Gasteiger partial charge in [0.05, 0.1) is 29.4 Å². The van der Waals surface area contributed by atoms with E-state index in [1.54, 1.807) is 18.2 Å². The molecule has 2 aromatic carbocycles. The minimum atomic E-state index is -5.24. The number of hydrogen-bond donors (Lipinski definition) is 2. The second-order valence-electron chi connectivity index (χ2n) is 10.0. The average molecular weight is 626 g/mol. The van der Waals surface area contributed by atoms with E-state index in [0.717, 1.165) is 0 Å². The van der Waals surface area contributed by atoms with Crippen LogP contribution in [0.5, 0.6) is 11.5 Å². The molecule has 1 aromatic heterocycles. The number of alkyl halides is 3. The van der Waals surface area contributed by atoms with E-state index in [1.807, 2.05) is 0 Å². The van der Waals surface area contributed by atoms with Crippen LogP contribution in [0.4, 0.5) is 33.9 Å². The molecule has 1 saturated carbocycles. The maximum Gasteiger partial charge on any atom is 0.471 e. The van der Waals surface area contributed by atoms with Gasteiger partial charge in [-0.25, -0.2) is 24.1 Å². The molecule has 2 N–H and O–H groups in total. The van der Waals surface area contributed by atoms with Crippen LogP contribution >= 0.6 is 11.6 Å². The molecule has 1 saturated heterocycles. The van der Waals surface area contributed by atoms with Crippen molar-refractivity contribution in [1.29, 1.82) is 0 Å². The molecular formula is C27H24ClF4N5O6. The van der Waals surface area contributed by atoms with Crippen molar-refractivity contribution in [2.45, 2.75) is 43.5 Å². The van der Waals surface area contributed by atoms with Crippen LogP contribution in [0.2, 0.25) is 5.02 Å². The van der Waals surface area contributed by atoms with Crippen molar-refractivity contribution in [1.82, 2.24) is 19.8 Å². The Morgan fingerprint density at radius 3 is 2.51 bits per heavy atom. The van der Waals surface area contributed by atoms with Crippen LogP contribution in [0.3, 0.4) is 0 Å². The number of aromatic nitrogens is 2. The van der Waals surface area contributed by atoms with Gasteiger partial charge in [-0.2, -0.15) is 13.2 Å². The molecule has 1 aliphatic heterocycles. The van der Waals surface area contributed by atoms with E-state index >= 15 is 0 Å². The van der Waals surface area contributed by atoms with Gasteiger partial charge in [0.25, 0.3) is 5.91 Å². The molecule has 2 fully saturated rings. The van der Waals surface area contributed by atoms with Gasteiger partial charge >= 0.3 is 18.2 Å². The number of hydrogen-bond acceptors (Lipinski definition) is 8. The number of nitrogens with one attached hydrogen (secondary N) is 1. The van der Waals surface area contributed by atoms with Gasteiger partial charge in [-0.05, 0) is 43.9 Å². The van der Waals surface area contributed by atoms with E-state index in [0.29, 0.717) is 20.7 Å². The van der Waals surface area contributed by atoms with Gasteiger partial charge in [0.1, 0.15) is 17.7 Å². The second-order valence-corrected chi connectivity index (χ2v) is 10.4. The largest absolute Gasteiger partial charge is 0.493 e. The van der Waals surface area contributed by atoms with Gasteiger partial charge in [0.2, 0.25) is 0 Å². The highest BCUT2D eigenvalue weighted by Gasteiger charge is 2.58. The summed E-state index contributed by atoms with van der Waals surface area (Å²) in [5.41, 5.74) is -1.49. The zero-order chi connectivity index (χ0) is 31.1. The topological polar surface area (TPSA) is 134 Å². The van der Waals surface area contributed by atoms with E-state index in [1.165, 1.54) is 25.6 Å². The number of piperazine rings is 1. The van der Waals surface area contributed by atoms with Crippen LogP contribution in [0.1, 0.15) is 25.7 Å². The number of amides is 3. The zero-order valence-corrected chi connectivity index (χ0v) is 23.2. The minimum absolute atomic E-state index is 0.0200. The van der Waals surface area contributed by atoms with Crippen molar-refractivity contribution in [3.05, 3.63) is 47.5 Å². The van der Waals surface area contributed by atoms with Crippen LogP contribution < -0.4 is 14.8 Å². The summed E-state index contributed by atoms with van der Waals surface area (Å²) in [6.07, 6.45) is -6.70. The number of methoxy groups -OCH3 is 1. The monoisotopic (exact) mass is 625 g/mol. The predicted molar refractivity (Wildman–Crippen MR) is 144 cm³/mol. The molecule has 0 bridgehead atoms. The molecule has 3 amide bonds. The Hall–Kier alpha value is -4.40. The fraction of sp³-hybridized carbons (Fsp3) is 0.370. The summed E-state index contributed by atoms with van der Waals surface area (Å²) in [5.74, 6) is -3.25. The first-order valence-electron chi connectivity index (χ1n) is 13.0. The van der Waals surface area contributed by atoms with Gasteiger partial charge < -0.3 is 24.8 Å². The summed E-state index contributed by atoms with van der Waals surface area (Å²) in [7, 11) is 1.40. The minimum Gasteiger partial charge on any atom is -0.493 e. The molecule has 2 aliphatic rings. The number of nitrogens with zero attached hydrogens (tertiary/aromatic N) is 4. The lowest BCUT2D eigenvalue weighted by Crippen LogP contribution is -2.70. The van der Waals surface area contributed by atoms with Crippen molar-refractivity contribution < 1.29 is 46.5 Å². The molecule has 0 unspecified atom stereocenters. The number of anilines is 2. The predicted octanol–water partition coefficient (Wildman–Crippen LogP) is 5.15. The first-order chi connectivity index (χ1) is 20.4. The van der Waals surface area contributed by atoms with Crippen molar-refractivity contribution in [3.63, 3.8) is 0 Å². The Labute approximate surface area is 246 Å². The van der Waals surface area contributed by atoms with E-state index < -0.39 is 54.6 Å². The third-order valence-corrected chi connectivity index (χ3v) is 7.90. The van der Waals surface area contributed by atoms with Crippen LogP contribution in [0.25, 0.3) is 10.9 Å².